The van der Waals surface area contributed by atoms with Gasteiger partial charge in [-0.1, -0.05) is 30.3 Å². The number of anilines is 1. The molecule has 4 aromatic rings. The zero-order chi connectivity index (χ0) is 19.5. The lowest BCUT2D eigenvalue weighted by Crippen LogP contribution is -2.25. The summed E-state index contributed by atoms with van der Waals surface area (Å²) in [6.45, 7) is 0. The molecular weight excluding hydrogens is 374 g/mol. The Morgan fingerprint density at radius 1 is 1.21 bits per heavy atom. The summed E-state index contributed by atoms with van der Waals surface area (Å²) in [6, 6.07) is 15.4. The fraction of sp³-hybridized carbons (Fsp3) is 0.0952. The quantitative estimate of drug-likeness (QED) is 0.564. The number of nitrogens with zero attached hydrogens (tertiary/aromatic N) is 2. The summed E-state index contributed by atoms with van der Waals surface area (Å²) in [5, 5.41) is 4.54. The van der Waals surface area contributed by atoms with Crippen LogP contribution in [0.25, 0.3) is 4.96 Å². The number of ether oxygens (including phenoxy) is 1. The minimum atomic E-state index is -0.492. The van der Waals surface area contributed by atoms with E-state index in [1.54, 1.807) is 30.8 Å². The van der Waals surface area contributed by atoms with Gasteiger partial charge in [0, 0.05) is 35.4 Å². The van der Waals surface area contributed by atoms with Crippen LogP contribution in [0.2, 0.25) is 0 Å². The first-order chi connectivity index (χ1) is 13.7. The number of hydrogen-bond donors (Lipinski definition) is 1. The smallest absolute Gasteiger partial charge is 0.271 e. The van der Waals surface area contributed by atoms with Gasteiger partial charge in [0.25, 0.3) is 11.5 Å². The molecule has 2 aromatic carbocycles. The van der Waals surface area contributed by atoms with E-state index >= 15 is 0 Å². The highest BCUT2D eigenvalue weighted by Crippen LogP contribution is 2.25. The van der Waals surface area contributed by atoms with E-state index in [0.717, 1.165) is 16.9 Å². The molecule has 0 saturated heterocycles. The minimum absolute atomic E-state index is 0.00340. The van der Waals surface area contributed by atoms with Crippen molar-refractivity contribution in [3.63, 3.8) is 0 Å². The van der Waals surface area contributed by atoms with Crippen molar-refractivity contribution < 1.29 is 9.53 Å². The Hall–Kier alpha value is -3.45. The molecule has 0 atom stereocenters. The standard InChI is InChI=1S/C21H17N3O3S/c1-27-18-8-7-16(12-15(18)11-14-5-3-2-4-6-14)23-19(25)17-13-22-21-24(20(17)26)9-10-28-21/h2-10,12-13H,11H2,1H3,(H,23,25). The number of amides is 1. The lowest BCUT2D eigenvalue weighted by atomic mass is 10.0. The fourth-order valence-corrected chi connectivity index (χ4v) is 3.66. The van der Waals surface area contributed by atoms with Crippen molar-refractivity contribution in [2.24, 2.45) is 0 Å². The van der Waals surface area contributed by atoms with Gasteiger partial charge in [0.05, 0.1) is 7.11 Å². The summed E-state index contributed by atoms with van der Waals surface area (Å²) in [4.78, 5) is 29.8. The second-order valence-electron chi connectivity index (χ2n) is 6.18. The highest BCUT2D eigenvalue weighted by atomic mass is 32.1. The fourth-order valence-electron chi connectivity index (χ4n) is 2.99. The molecule has 0 radical (unpaired) electrons. The van der Waals surface area contributed by atoms with Crippen LogP contribution in [0.5, 0.6) is 5.75 Å². The molecule has 6 nitrogen and oxygen atoms in total. The van der Waals surface area contributed by atoms with Gasteiger partial charge < -0.3 is 10.1 Å². The van der Waals surface area contributed by atoms with Crippen LogP contribution in [0, 0.1) is 0 Å². The van der Waals surface area contributed by atoms with E-state index in [-0.39, 0.29) is 11.1 Å². The maximum Gasteiger partial charge on any atom is 0.271 e. The Labute approximate surface area is 165 Å². The molecule has 7 heteroatoms. The van der Waals surface area contributed by atoms with Crippen LogP contribution in [0.15, 0.2) is 71.1 Å². The van der Waals surface area contributed by atoms with Crippen LogP contribution < -0.4 is 15.6 Å². The lowest BCUT2D eigenvalue weighted by molar-refractivity contribution is 0.102. The van der Waals surface area contributed by atoms with E-state index < -0.39 is 5.91 Å². The molecule has 1 N–H and O–H groups in total. The van der Waals surface area contributed by atoms with E-state index in [0.29, 0.717) is 17.1 Å². The highest BCUT2D eigenvalue weighted by Gasteiger charge is 2.15. The van der Waals surface area contributed by atoms with Crippen LogP contribution in [-0.4, -0.2) is 22.4 Å². The van der Waals surface area contributed by atoms with Gasteiger partial charge in [-0.2, -0.15) is 0 Å². The Kier molecular flexibility index (Phi) is 4.90. The number of benzene rings is 2. The molecule has 4 rings (SSSR count). The maximum absolute atomic E-state index is 12.6. The zero-order valence-corrected chi connectivity index (χ0v) is 15.9. The number of thiazole rings is 1. The Bertz CT molecular complexity index is 1200. The number of rotatable bonds is 5. The summed E-state index contributed by atoms with van der Waals surface area (Å²) >= 11 is 1.34. The zero-order valence-electron chi connectivity index (χ0n) is 15.1. The van der Waals surface area contributed by atoms with Crippen molar-refractivity contribution in [2.75, 3.05) is 12.4 Å². The number of methoxy groups -OCH3 is 1. The first-order valence-corrected chi connectivity index (χ1v) is 9.51. The van der Waals surface area contributed by atoms with Crippen molar-refractivity contribution >= 4 is 27.9 Å². The van der Waals surface area contributed by atoms with Crippen LogP contribution in [-0.2, 0) is 6.42 Å². The number of hydrogen-bond acceptors (Lipinski definition) is 5. The third kappa shape index (κ3) is 3.52. The topological polar surface area (TPSA) is 72.7 Å². The molecule has 0 aliphatic carbocycles. The molecule has 0 bridgehead atoms. The summed E-state index contributed by atoms with van der Waals surface area (Å²) in [6.07, 6.45) is 3.59. The van der Waals surface area contributed by atoms with Gasteiger partial charge in [-0.3, -0.25) is 14.0 Å². The maximum atomic E-state index is 12.6. The second kappa shape index (κ2) is 7.66. The molecule has 0 spiro atoms. The third-order valence-corrected chi connectivity index (χ3v) is 5.13. The largest absolute Gasteiger partial charge is 0.496 e. The van der Waals surface area contributed by atoms with Crippen molar-refractivity contribution in [1.29, 1.82) is 0 Å². The molecular formula is C21H17N3O3S. The molecule has 1 amide bonds. The Balaban J connectivity index is 1.62. The van der Waals surface area contributed by atoms with Gasteiger partial charge in [0.15, 0.2) is 4.96 Å². The Morgan fingerprint density at radius 2 is 2.04 bits per heavy atom. The molecule has 2 heterocycles. The normalized spacial score (nSPS) is 10.8. The van der Waals surface area contributed by atoms with Gasteiger partial charge in [0.2, 0.25) is 0 Å². The van der Waals surface area contributed by atoms with E-state index in [1.165, 1.54) is 21.9 Å². The van der Waals surface area contributed by atoms with E-state index in [2.05, 4.69) is 10.3 Å². The van der Waals surface area contributed by atoms with Crippen molar-refractivity contribution in [2.45, 2.75) is 6.42 Å². The summed E-state index contributed by atoms with van der Waals surface area (Å²) < 4.78 is 6.82. The SMILES string of the molecule is COc1ccc(NC(=O)c2cnc3sccn3c2=O)cc1Cc1ccccc1. The molecule has 28 heavy (non-hydrogen) atoms. The van der Waals surface area contributed by atoms with E-state index in [4.69, 9.17) is 4.74 Å². The predicted molar refractivity (Wildman–Crippen MR) is 110 cm³/mol. The number of carbonyl (C=O) groups excluding carboxylic acids is 1. The van der Waals surface area contributed by atoms with Crippen LogP contribution in [0.3, 0.4) is 0 Å². The molecule has 0 aliphatic rings. The second-order valence-corrected chi connectivity index (χ2v) is 7.05. The minimum Gasteiger partial charge on any atom is -0.496 e. The number of nitrogens with one attached hydrogen (secondary N) is 1. The lowest BCUT2D eigenvalue weighted by Gasteiger charge is -2.12. The van der Waals surface area contributed by atoms with Gasteiger partial charge >= 0.3 is 0 Å². The first kappa shape index (κ1) is 17.9. The van der Waals surface area contributed by atoms with Gasteiger partial charge in [-0.15, -0.1) is 11.3 Å². The average Bonchev–Trinajstić information content (AvgIpc) is 3.19. The first-order valence-electron chi connectivity index (χ1n) is 8.63. The average molecular weight is 391 g/mol. The van der Waals surface area contributed by atoms with Crippen molar-refractivity contribution in [1.82, 2.24) is 9.38 Å². The van der Waals surface area contributed by atoms with Gasteiger partial charge in [0.1, 0.15) is 11.3 Å². The van der Waals surface area contributed by atoms with E-state index in [1.807, 2.05) is 36.4 Å². The van der Waals surface area contributed by atoms with Crippen LogP contribution in [0.1, 0.15) is 21.5 Å². The van der Waals surface area contributed by atoms with E-state index in [9.17, 15) is 9.59 Å². The monoisotopic (exact) mass is 391 g/mol. The molecule has 0 aliphatic heterocycles. The van der Waals surface area contributed by atoms with Crippen molar-refractivity contribution in [3.05, 3.63) is 93.3 Å². The summed E-state index contributed by atoms with van der Waals surface area (Å²) in [5.41, 5.74) is 2.27. The number of aromatic nitrogens is 2. The summed E-state index contributed by atoms with van der Waals surface area (Å²) in [7, 11) is 1.62. The van der Waals surface area contributed by atoms with Gasteiger partial charge in [-0.05, 0) is 23.8 Å². The predicted octanol–water partition coefficient (Wildman–Crippen LogP) is 3.61. The van der Waals surface area contributed by atoms with Crippen molar-refractivity contribution in [3.8, 4) is 5.75 Å². The molecule has 0 saturated carbocycles. The van der Waals surface area contributed by atoms with Crippen LogP contribution in [0.4, 0.5) is 5.69 Å². The number of carbonyl (C=O) groups is 1. The summed E-state index contributed by atoms with van der Waals surface area (Å²) in [5.74, 6) is 0.247. The highest BCUT2D eigenvalue weighted by molar-refractivity contribution is 7.15. The molecule has 2 aromatic heterocycles. The molecule has 140 valence electrons. The van der Waals surface area contributed by atoms with Crippen LogP contribution >= 0.6 is 11.3 Å². The molecule has 0 unspecified atom stereocenters. The Morgan fingerprint density at radius 3 is 2.82 bits per heavy atom. The third-order valence-electron chi connectivity index (χ3n) is 4.36. The molecule has 0 fully saturated rings. The van der Waals surface area contributed by atoms with Gasteiger partial charge in [-0.25, -0.2) is 4.98 Å². The number of fused-ring (bicyclic) bond motifs is 1.